The van der Waals surface area contributed by atoms with Gasteiger partial charge < -0.3 is 11.1 Å². The van der Waals surface area contributed by atoms with Gasteiger partial charge in [0.25, 0.3) is 0 Å². The molecule has 0 aromatic heterocycles. The molecule has 1 amide bonds. The lowest BCUT2D eigenvalue weighted by Gasteiger charge is -2.13. The molecule has 3 heteroatoms. The molecular weight excluding hydrogens is 212 g/mol. The molecule has 0 rings (SSSR count). The maximum atomic E-state index is 11.3. The average molecular weight is 242 g/mol. The number of nitrogens with one attached hydrogen (secondary N) is 1. The molecule has 1 atom stereocenters. The van der Waals surface area contributed by atoms with E-state index in [9.17, 15) is 4.79 Å². The predicted molar refractivity (Wildman–Crippen MR) is 73.8 cm³/mol. The van der Waals surface area contributed by atoms with Gasteiger partial charge in [0.05, 0.1) is 0 Å². The molecule has 1 unspecified atom stereocenters. The number of amides is 1. The minimum absolute atomic E-state index is 0.193. The number of carbonyl (C=O) groups excluding carboxylic acids is 1. The lowest BCUT2D eigenvalue weighted by atomic mass is 10.00. The van der Waals surface area contributed by atoms with Gasteiger partial charge in [-0.3, -0.25) is 4.79 Å². The van der Waals surface area contributed by atoms with E-state index < -0.39 is 0 Å². The first-order valence-corrected chi connectivity index (χ1v) is 7.08. The van der Waals surface area contributed by atoms with Gasteiger partial charge in [-0.25, -0.2) is 0 Å². The van der Waals surface area contributed by atoms with E-state index in [4.69, 9.17) is 5.73 Å². The van der Waals surface area contributed by atoms with Gasteiger partial charge >= 0.3 is 0 Å². The van der Waals surface area contributed by atoms with Crippen LogP contribution in [0.25, 0.3) is 0 Å². The van der Waals surface area contributed by atoms with E-state index in [1.165, 1.54) is 0 Å². The van der Waals surface area contributed by atoms with Crippen molar-refractivity contribution in [2.45, 2.75) is 71.8 Å². The second kappa shape index (κ2) is 10.6. The summed E-state index contributed by atoms with van der Waals surface area (Å²) in [7, 11) is 0. The van der Waals surface area contributed by atoms with Crippen LogP contribution in [0.15, 0.2) is 0 Å². The fraction of sp³-hybridized carbons (Fsp3) is 0.929. The lowest BCUT2D eigenvalue weighted by Crippen LogP contribution is -2.25. The Morgan fingerprint density at radius 3 is 2.53 bits per heavy atom. The molecule has 0 spiro atoms. The van der Waals surface area contributed by atoms with Crippen LogP contribution in [-0.4, -0.2) is 18.5 Å². The average Bonchev–Trinajstić information content (AvgIpc) is 2.24. The lowest BCUT2D eigenvalue weighted by molar-refractivity contribution is -0.121. The molecule has 3 nitrogen and oxygen atoms in total. The Kier molecular flexibility index (Phi) is 10.2. The molecule has 3 N–H and O–H groups in total. The number of nitrogens with two attached hydrogens (primary N) is 1. The summed E-state index contributed by atoms with van der Waals surface area (Å²) in [5.41, 5.74) is 6.00. The summed E-state index contributed by atoms with van der Waals surface area (Å²) in [5, 5.41) is 2.95. The Morgan fingerprint density at radius 1 is 1.24 bits per heavy atom. The fourth-order valence-electron chi connectivity index (χ4n) is 1.91. The zero-order valence-electron chi connectivity index (χ0n) is 11.8. The first-order chi connectivity index (χ1) is 8.06. The molecule has 0 aliphatic carbocycles. The van der Waals surface area contributed by atoms with Gasteiger partial charge in [0.1, 0.15) is 0 Å². The van der Waals surface area contributed by atoms with Crippen molar-refractivity contribution in [3.63, 3.8) is 0 Å². The molecule has 0 aliphatic heterocycles. The Morgan fingerprint density at radius 2 is 1.94 bits per heavy atom. The fourth-order valence-corrected chi connectivity index (χ4v) is 1.91. The van der Waals surface area contributed by atoms with Gasteiger partial charge in [0.15, 0.2) is 0 Å². The third-order valence-corrected chi connectivity index (χ3v) is 2.86. The molecule has 17 heavy (non-hydrogen) atoms. The van der Waals surface area contributed by atoms with Crippen molar-refractivity contribution in [3.8, 4) is 0 Å². The highest BCUT2D eigenvalue weighted by Crippen LogP contribution is 2.08. The number of hydrogen-bond donors (Lipinski definition) is 2. The second-order valence-electron chi connectivity index (χ2n) is 5.34. The molecule has 0 aromatic rings. The summed E-state index contributed by atoms with van der Waals surface area (Å²) < 4.78 is 0. The monoisotopic (exact) mass is 242 g/mol. The molecule has 0 aromatic carbocycles. The summed E-state index contributed by atoms with van der Waals surface area (Å²) in [6.45, 7) is 7.31. The van der Waals surface area contributed by atoms with E-state index in [0.29, 0.717) is 18.4 Å². The summed E-state index contributed by atoms with van der Waals surface area (Å²) in [6, 6.07) is 0.325. The minimum atomic E-state index is 0.193. The first-order valence-electron chi connectivity index (χ1n) is 7.08. The van der Waals surface area contributed by atoms with Crippen LogP contribution >= 0.6 is 0 Å². The third-order valence-electron chi connectivity index (χ3n) is 2.86. The van der Waals surface area contributed by atoms with Crippen molar-refractivity contribution >= 4 is 5.91 Å². The maximum absolute atomic E-state index is 11.3. The molecule has 0 heterocycles. The molecule has 0 radical (unpaired) electrons. The van der Waals surface area contributed by atoms with Crippen LogP contribution in [0.4, 0.5) is 0 Å². The van der Waals surface area contributed by atoms with Crippen molar-refractivity contribution in [1.82, 2.24) is 5.32 Å². The summed E-state index contributed by atoms with van der Waals surface area (Å²) >= 11 is 0. The maximum Gasteiger partial charge on any atom is 0.219 e. The standard InChI is InChI=1S/C14H30N2O/c1-4-5-9-14(17)16-10-7-6-8-13(15)11-12(2)3/h12-13H,4-11,15H2,1-3H3,(H,16,17). The number of carbonyl (C=O) groups is 1. The first kappa shape index (κ1) is 16.4. The van der Waals surface area contributed by atoms with Crippen LogP contribution in [0.1, 0.15) is 65.7 Å². The molecule has 102 valence electrons. The Balaban J connectivity index is 3.31. The molecule has 0 fully saturated rings. The van der Waals surface area contributed by atoms with E-state index in [2.05, 4.69) is 26.1 Å². The number of unbranched alkanes of at least 4 members (excludes halogenated alkanes) is 2. The summed E-state index contributed by atoms with van der Waals surface area (Å²) in [4.78, 5) is 11.3. The van der Waals surface area contributed by atoms with Gasteiger partial charge in [-0.05, 0) is 31.6 Å². The van der Waals surface area contributed by atoms with E-state index in [1.54, 1.807) is 0 Å². The molecule has 0 saturated heterocycles. The zero-order chi connectivity index (χ0) is 13.1. The summed E-state index contributed by atoms with van der Waals surface area (Å²) in [6.07, 6.45) is 7.07. The molecular formula is C14H30N2O. The van der Waals surface area contributed by atoms with Gasteiger partial charge in [-0.15, -0.1) is 0 Å². The Hall–Kier alpha value is -0.570. The van der Waals surface area contributed by atoms with Gasteiger partial charge in [-0.1, -0.05) is 33.6 Å². The van der Waals surface area contributed by atoms with E-state index in [1.807, 2.05) is 0 Å². The van der Waals surface area contributed by atoms with Crippen LogP contribution in [0, 0.1) is 5.92 Å². The Labute approximate surface area is 107 Å². The van der Waals surface area contributed by atoms with Gasteiger partial charge in [-0.2, -0.15) is 0 Å². The topological polar surface area (TPSA) is 55.1 Å². The normalized spacial score (nSPS) is 12.8. The largest absolute Gasteiger partial charge is 0.356 e. The Bertz CT molecular complexity index is 193. The number of hydrogen-bond acceptors (Lipinski definition) is 2. The summed E-state index contributed by atoms with van der Waals surface area (Å²) in [5.74, 6) is 0.872. The van der Waals surface area contributed by atoms with Crippen LogP contribution in [0.2, 0.25) is 0 Å². The number of rotatable bonds is 10. The van der Waals surface area contributed by atoms with E-state index in [0.717, 1.165) is 45.1 Å². The highest BCUT2D eigenvalue weighted by atomic mass is 16.1. The SMILES string of the molecule is CCCCC(=O)NCCCCC(N)CC(C)C. The van der Waals surface area contributed by atoms with Crippen molar-refractivity contribution in [1.29, 1.82) is 0 Å². The highest BCUT2D eigenvalue weighted by Gasteiger charge is 2.05. The molecule has 0 aliphatic rings. The second-order valence-corrected chi connectivity index (χ2v) is 5.34. The molecule has 0 bridgehead atoms. The van der Waals surface area contributed by atoms with E-state index >= 15 is 0 Å². The van der Waals surface area contributed by atoms with E-state index in [-0.39, 0.29) is 5.91 Å². The smallest absolute Gasteiger partial charge is 0.219 e. The van der Waals surface area contributed by atoms with Crippen molar-refractivity contribution in [2.75, 3.05) is 6.54 Å². The highest BCUT2D eigenvalue weighted by molar-refractivity contribution is 5.75. The minimum Gasteiger partial charge on any atom is -0.356 e. The molecule has 0 saturated carbocycles. The van der Waals surface area contributed by atoms with Crippen LogP contribution < -0.4 is 11.1 Å². The van der Waals surface area contributed by atoms with Crippen LogP contribution in [-0.2, 0) is 4.79 Å². The quantitative estimate of drug-likeness (QED) is 0.579. The van der Waals surface area contributed by atoms with Crippen molar-refractivity contribution in [2.24, 2.45) is 11.7 Å². The predicted octanol–water partition coefficient (Wildman–Crippen LogP) is 2.84. The van der Waals surface area contributed by atoms with Crippen LogP contribution in [0.3, 0.4) is 0 Å². The van der Waals surface area contributed by atoms with Crippen LogP contribution in [0.5, 0.6) is 0 Å². The van der Waals surface area contributed by atoms with Crippen molar-refractivity contribution < 1.29 is 4.79 Å². The zero-order valence-corrected chi connectivity index (χ0v) is 11.8. The van der Waals surface area contributed by atoms with Gasteiger partial charge in [0.2, 0.25) is 5.91 Å². The van der Waals surface area contributed by atoms with Crippen molar-refractivity contribution in [3.05, 3.63) is 0 Å². The van der Waals surface area contributed by atoms with Gasteiger partial charge in [0, 0.05) is 19.0 Å². The third kappa shape index (κ3) is 11.7.